The van der Waals surface area contributed by atoms with Crippen LogP contribution in [-0.4, -0.2) is 28.4 Å². The topological polar surface area (TPSA) is 65.4 Å². The summed E-state index contributed by atoms with van der Waals surface area (Å²) in [4.78, 5) is 12.5. The minimum atomic E-state index is -0.704. The Morgan fingerprint density at radius 1 is 1.12 bits per heavy atom. The number of hydrogen-bond acceptors (Lipinski definition) is 4. The normalized spacial score (nSPS) is 15.6. The zero-order valence-corrected chi connectivity index (χ0v) is 13.7. The van der Waals surface area contributed by atoms with Gasteiger partial charge in [-0.15, -0.1) is 0 Å². The highest BCUT2D eigenvalue weighted by atomic mass is 16.6. The molecule has 1 aliphatic rings. The van der Waals surface area contributed by atoms with Gasteiger partial charge >= 0.3 is 0 Å². The second-order valence-corrected chi connectivity index (χ2v) is 5.76. The Kier molecular flexibility index (Phi) is 3.85. The number of ether oxygens (including phenoxy) is 2. The minimum absolute atomic E-state index is 0.173. The lowest BCUT2D eigenvalue weighted by Gasteiger charge is -2.25. The predicted octanol–water partition coefficient (Wildman–Crippen LogP) is 2.87. The van der Waals surface area contributed by atoms with Crippen LogP contribution >= 0.6 is 0 Å². The molecular formula is C19H17N3O3. The van der Waals surface area contributed by atoms with Gasteiger partial charge in [-0.1, -0.05) is 42.5 Å². The molecule has 2 heterocycles. The van der Waals surface area contributed by atoms with Gasteiger partial charge in [0.25, 0.3) is 5.91 Å². The van der Waals surface area contributed by atoms with E-state index in [2.05, 4.69) is 10.4 Å². The molecule has 126 valence electrons. The molecule has 1 aromatic heterocycles. The number of nitrogens with zero attached hydrogens (tertiary/aromatic N) is 2. The van der Waals surface area contributed by atoms with Gasteiger partial charge in [0.15, 0.2) is 11.5 Å². The second-order valence-electron chi connectivity index (χ2n) is 5.76. The third-order valence-corrected chi connectivity index (χ3v) is 4.00. The van der Waals surface area contributed by atoms with Crippen LogP contribution in [0.3, 0.4) is 0 Å². The molecule has 1 N–H and O–H groups in total. The Morgan fingerprint density at radius 2 is 1.84 bits per heavy atom. The Balaban J connectivity index is 1.49. The molecule has 1 amide bonds. The second kappa shape index (κ2) is 6.32. The van der Waals surface area contributed by atoms with Crippen LogP contribution < -0.4 is 14.8 Å². The van der Waals surface area contributed by atoms with Gasteiger partial charge in [0.05, 0.1) is 5.69 Å². The highest BCUT2D eigenvalue weighted by molar-refractivity contribution is 5.94. The van der Waals surface area contributed by atoms with Crippen molar-refractivity contribution in [1.29, 1.82) is 0 Å². The standard InChI is InChI=1S/C19H17N3O3/c1-22-18(11-14(21-22)13-7-3-2-4-8-13)20-19(23)17-12-24-15-9-5-6-10-16(15)25-17/h2-11,17H,12H2,1H3,(H,20,23). The minimum Gasteiger partial charge on any atom is -0.485 e. The van der Waals surface area contributed by atoms with Crippen LogP contribution in [0.15, 0.2) is 60.7 Å². The van der Waals surface area contributed by atoms with Crippen LogP contribution in [0, 0.1) is 0 Å². The summed E-state index contributed by atoms with van der Waals surface area (Å²) in [5.41, 5.74) is 1.79. The molecule has 0 saturated heterocycles. The van der Waals surface area contributed by atoms with E-state index in [9.17, 15) is 4.79 Å². The van der Waals surface area contributed by atoms with Crippen molar-refractivity contribution < 1.29 is 14.3 Å². The van der Waals surface area contributed by atoms with E-state index in [1.54, 1.807) is 17.8 Å². The fourth-order valence-electron chi connectivity index (χ4n) is 2.69. The Labute approximate surface area is 145 Å². The first-order valence-corrected chi connectivity index (χ1v) is 7.99. The molecule has 1 atom stereocenters. The molecule has 0 radical (unpaired) electrons. The van der Waals surface area contributed by atoms with Crippen molar-refractivity contribution >= 4 is 11.7 Å². The summed E-state index contributed by atoms with van der Waals surface area (Å²) in [5, 5.41) is 7.30. The van der Waals surface area contributed by atoms with Crippen molar-refractivity contribution in [2.45, 2.75) is 6.10 Å². The van der Waals surface area contributed by atoms with Crippen LogP contribution in [0.1, 0.15) is 0 Å². The lowest BCUT2D eigenvalue weighted by atomic mass is 10.1. The SMILES string of the molecule is Cn1nc(-c2ccccc2)cc1NC(=O)C1COc2ccccc2O1. The summed E-state index contributed by atoms with van der Waals surface area (Å²) < 4.78 is 13.0. The number of aromatic nitrogens is 2. The summed E-state index contributed by atoms with van der Waals surface area (Å²) in [5.74, 6) is 1.56. The quantitative estimate of drug-likeness (QED) is 0.799. The van der Waals surface area contributed by atoms with Crippen molar-refractivity contribution in [3.63, 3.8) is 0 Å². The maximum atomic E-state index is 12.5. The van der Waals surface area contributed by atoms with E-state index in [1.165, 1.54) is 0 Å². The van der Waals surface area contributed by atoms with Crippen molar-refractivity contribution in [2.75, 3.05) is 11.9 Å². The van der Waals surface area contributed by atoms with Gasteiger partial charge in [-0.3, -0.25) is 9.48 Å². The largest absolute Gasteiger partial charge is 0.485 e. The molecular weight excluding hydrogens is 318 g/mol. The molecule has 1 unspecified atom stereocenters. The summed E-state index contributed by atoms with van der Waals surface area (Å²) in [7, 11) is 1.79. The molecule has 0 spiro atoms. The van der Waals surface area contributed by atoms with E-state index >= 15 is 0 Å². The van der Waals surface area contributed by atoms with E-state index in [0.29, 0.717) is 17.3 Å². The first-order chi connectivity index (χ1) is 12.2. The number of rotatable bonds is 3. The first kappa shape index (κ1) is 15.3. The maximum Gasteiger partial charge on any atom is 0.270 e. The predicted molar refractivity (Wildman–Crippen MR) is 93.6 cm³/mol. The fourth-order valence-corrected chi connectivity index (χ4v) is 2.69. The van der Waals surface area contributed by atoms with Crippen LogP contribution in [0.25, 0.3) is 11.3 Å². The number of benzene rings is 2. The molecule has 6 nitrogen and oxygen atoms in total. The average molecular weight is 335 g/mol. The molecule has 0 bridgehead atoms. The number of fused-ring (bicyclic) bond motifs is 1. The number of nitrogens with one attached hydrogen (secondary N) is 1. The van der Waals surface area contributed by atoms with Gasteiger partial charge in [-0.25, -0.2) is 0 Å². The summed E-state index contributed by atoms with van der Waals surface area (Å²) in [6.45, 7) is 0.173. The third-order valence-electron chi connectivity index (χ3n) is 4.00. The molecule has 0 saturated carbocycles. The molecule has 0 aliphatic carbocycles. The lowest BCUT2D eigenvalue weighted by molar-refractivity contribution is -0.125. The third kappa shape index (κ3) is 3.06. The summed E-state index contributed by atoms with van der Waals surface area (Å²) >= 11 is 0. The number of aryl methyl sites for hydroxylation is 1. The first-order valence-electron chi connectivity index (χ1n) is 7.99. The van der Waals surface area contributed by atoms with Gasteiger partial charge in [0, 0.05) is 18.7 Å². The zero-order valence-electron chi connectivity index (χ0n) is 13.7. The lowest BCUT2D eigenvalue weighted by Crippen LogP contribution is -2.40. The summed E-state index contributed by atoms with van der Waals surface area (Å²) in [6.07, 6.45) is -0.704. The van der Waals surface area contributed by atoms with Crippen molar-refractivity contribution in [1.82, 2.24) is 9.78 Å². The van der Waals surface area contributed by atoms with Crippen LogP contribution in [0.4, 0.5) is 5.82 Å². The van der Waals surface area contributed by atoms with E-state index < -0.39 is 6.10 Å². The average Bonchev–Trinajstić information content (AvgIpc) is 3.02. The van der Waals surface area contributed by atoms with E-state index in [1.807, 2.05) is 54.6 Å². The van der Waals surface area contributed by atoms with Gasteiger partial charge in [-0.2, -0.15) is 5.10 Å². The van der Waals surface area contributed by atoms with Gasteiger partial charge in [0.2, 0.25) is 6.10 Å². The fraction of sp³-hybridized carbons (Fsp3) is 0.158. The van der Waals surface area contributed by atoms with Crippen molar-refractivity contribution in [2.24, 2.45) is 7.05 Å². The summed E-state index contributed by atoms with van der Waals surface area (Å²) in [6, 6.07) is 19.0. The Hall–Kier alpha value is -3.28. The smallest absolute Gasteiger partial charge is 0.270 e. The zero-order chi connectivity index (χ0) is 17.2. The van der Waals surface area contributed by atoms with E-state index in [-0.39, 0.29) is 12.5 Å². The molecule has 6 heteroatoms. The van der Waals surface area contributed by atoms with E-state index in [4.69, 9.17) is 9.47 Å². The monoisotopic (exact) mass is 335 g/mol. The molecule has 3 aromatic rings. The van der Waals surface area contributed by atoms with Gasteiger partial charge in [-0.05, 0) is 12.1 Å². The molecule has 2 aromatic carbocycles. The van der Waals surface area contributed by atoms with Crippen molar-refractivity contribution in [3.8, 4) is 22.8 Å². The Morgan fingerprint density at radius 3 is 2.64 bits per heavy atom. The number of anilines is 1. The van der Waals surface area contributed by atoms with Crippen LogP contribution in [-0.2, 0) is 11.8 Å². The highest BCUT2D eigenvalue weighted by Gasteiger charge is 2.28. The number of carbonyl (C=O) groups excluding carboxylic acids is 1. The molecule has 4 rings (SSSR count). The number of carbonyl (C=O) groups is 1. The van der Waals surface area contributed by atoms with Crippen LogP contribution in [0.2, 0.25) is 0 Å². The highest BCUT2D eigenvalue weighted by Crippen LogP contribution is 2.31. The molecule has 1 aliphatic heterocycles. The number of hydrogen-bond donors (Lipinski definition) is 1. The van der Waals surface area contributed by atoms with Gasteiger partial charge < -0.3 is 14.8 Å². The molecule has 0 fully saturated rings. The van der Waals surface area contributed by atoms with E-state index in [0.717, 1.165) is 11.3 Å². The Bertz CT molecular complexity index is 905. The maximum absolute atomic E-state index is 12.5. The van der Waals surface area contributed by atoms with Gasteiger partial charge in [0.1, 0.15) is 12.4 Å². The number of amides is 1. The van der Waals surface area contributed by atoms with Crippen LogP contribution in [0.5, 0.6) is 11.5 Å². The van der Waals surface area contributed by atoms with Crippen molar-refractivity contribution in [3.05, 3.63) is 60.7 Å². The number of para-hydroxylation sites is 2. The molecule has 25 heavy (non-hydrogen) atoms.